The van der Waals surface area contributed by atoms with Gasteiger partial charge in [-0.15, -0.1) is 0 Å². The van der Waals surface area contributed by atoms with Gasteiger partial charge in [0.05, 0.1) is 26.6 Å². The second-order valence-corrected chi connectivity index (χ2v) is 6.62. The average molecular weight is 390 g/mol. The van der Waals surface area contributed by atoms with Gasteiger partial charge >= 0.3 is 5.97 Å². The minimum absolute atomic E-state index is 0.0332. The predicted octanol–water partition coefficient (Wildman–Crippen LogP) is 3.28. The van der Waals surface area contributed by atoms with Crippen molar-refractivity contribution in [3.05, 3.63) is 58.6 Å². The number of rotatable bonds is 6. The molecule has 0 saturated carbocycles. The highest BCUT2D eigenvalue weighted by Gasteiger charge is 2.41. The molecule has 1 saturated heterocycles. The van der Waals surface area contributed by atoms with Gasteiger partial charge in [0.25, 0.3) is 0 Å². The van der Waals surface area contributed by atoms with Gasteiger partial charge in [-0.25, -0.2) is 0 Å². The molecule has 1 fully saturated rings. The van der Waals surface area contributed by atoms with Crippen LogP contribution in [0.4, 0.5) is 0 Å². The second kappa shape index (κ2) is 8.31. The maximum atomic E-state index is 12.7. The third-order valence-corrected chi connectivity index (χ3v) is 4.72. The Balaban J connectivity index is 1.74. The van der Waals surface area contributed by atoms with Crippen molar-refractivity contribution in [2.75, 3.05) is 14.2 Å². The van der Waals surface area contributed by atoms with Crippen molar-refractivity contribution in [2.45, 2.75) is 19.1 Å². The van der Waals surface area contributed by atoms with Crippen LogP contribution in [0.3, 0.4) is 0 Å². The van der Waals surface area contributed by atoms with E-state index < -0.39 is 18.0 Å². The predicted molar refractivity (Wildman–Crippen MR) is 99.8 cm³/mol. The van der Waals surface area contributed by atoms with Crippen LogP contribution in [0.2, 0.25) is 5.02 Å². The topological polar surface area (TPSA) is 73.9 Å². The van der Waals surface area contributed by atoms with Crippen LogP contribution in [0.1, 0.15) is 23.7 Å². The summed E-state index contributed by atoms with van der Waals surface area (Å²) in [5.41, 5.74) is 1.60. The van der Waals surface area contributed by atoms with Crippen molar-refractivity contribution in [1.29, 1.82) is 0 Å². The van der Waals surface area contributed by atoms with Crippen LogP contribution in [0.15, 0.2) is 42.5 Å². The Morgan fingerprint density at radius 2 is 1.85 bits per heavy atom. The van der Waals surface area contributed by atoms with Crippen molar-refractivity contribution in [3.63, 3.8) is 0 Å². The monoisotopic (exact) mass is 389 g/mol. The summed E-state index contributed by atoms with van der Waals surface area (Å²) in [6, 6.07) is 12.4. The van der Waals surface area contributed by atoms with E-state index in [0.717, 1.165) is 5.56 Å². The highest BCUT2D eigenvalue weighted by Crippen LogP contribution is 2.39. The fraction of sp³-hybridized carbons (Fsp3) is 0.300. The summed E-state index contributed by atoms with van der Waals surface area (Å²) in [6.07, 6.45) is -0.631. The van der Waals surface area contributed by atoms with Gasteiger partial charge in [-0.1, -0.05) is 29.8 Å². The maximum Gasteiger partial charge on any atom is 0.307 e. The number of hydrogen-bond donors (Lipinski definition) is 1. The molecule has 2 atom stereocenters. The molecular formula is C20H20ClNO5. The summed E-state index contributed by atoms with van der Waals surface area (Å²) < 4.78 is 15.9. The molecule has 1 aliphatic heterocycles. The molecule has 3 rings (SSSR count). The number of esters is 1. The zero-order valence-corrected chi connectivity index (χ0v) is 15.8. The molecular weight excluding hydrogens is 370 g/mol. The number of ether oxygens (including phenoxy) is 3. The van der Waals surface area contributed by atoms with Crippen LogP contribution in [-0.4, -0.2) is 26.1 Å². The minimum atomic E-state index is -0.664. The molecule has 1 aliphatic rings. The molecule has 1 amide bonds. The van der Waals surface area contributed by atoms with E-state index in [1.807, 2.05) is 12.1 Å². The summed E-state index contributed by atoms with van der Waals surface area (Å²) in [6.45, 7) is 0.347. The van der Waals surface area contributed by atoms with Gasteiger partial charge in [0, 0.05) is 11.6 Å². The molecule has 7 heteroatoms. The van der Waals surface area contributed by atoms with Gasteiger partial charge in [0.15, 0.2) is 11.5 Å². The molecule has 0 spiro atoms. The lowest BCUT2D eigenvalue weighted by atomic mass is 9.94. The van der Waals surface area contributed by atoms with Gasteiger partial charge < -0.3 is 19.5 Å². The number of carbonyl (C=O) groups excluding carboxylic acids is 2. The Morgan fingerprint density at radius 3 is 2.52 bits per heavy atom. The van der Waals surface area contributed by atoms with Crippen LogP contribution in [0.25, 0.3) is 0 Å². The highest BCUT2D eigenvalue weighted by molar-refractivity contribution is 6.30. The first-order valence-corrected chi connectivity index (χ1v) is 8.83. The van der Waals surface area contributed by atoms with E-state index in [2.05, 4.69) is 5.32 Å². The number of amides is 1. The van der Waals surface area contributed by atoms with E-state index in [1.54, 1.807) is 37.4 Å². The standard InChI is InChI=1S/C20H20ClNO5/c1-25-16-8-5-13(9-17(16)26-2)19-15(10-18(23)27-19)20(24)22-11-12-3-6-14(21)7-4-12/h3-9,15,19H,10-11H2,1-2H3,(H,22,24)/t15-,19-/m0/s1. The smallest absolute Gasteiger partial charge is 0.307 e. The zero-order valence-electron chi connectivity index (χ0n) is 15.0. The summed E-state index contributed by atoms with van der Waals surface area (Å²) in [5.74, 6) is -0.174. The van der Waals surface area contributed by atoms with Gasteiger partial charge in [-0.3, -0.25) is 9.59 Å². The van der Waals surface area contributed by atoms with Crippen molar-refractivity contribution in [3.8, 4) is 11.5 Å². The van der Waals surface area contributed by atoms with Crippen molar-refractivity contribution >= 4 is 23.5 Å². The first kappa shape index (κ1) is 19.0. The Bertz CT molecular complexity index is 837. The Hall–Kier alpha value is -2.73. The van der Waals surface area contributed by atoms with Gasteiger partial charge in [-0.2, -0.15) is 0 Å². The van der Waals surface area contributed by atoms with E-state index in [0.29, 0.717) is 28.6 Å². The largest absolute Gasteiger partial charge is 0.493 e. The molecule has 27 heavy (non-hydrogen) atoms. The van der Waals surface area contributed by atoms with Crippen LogP contribution >= 0.6 is 11.6 Å². The summed E-state index contributed by atoms with van der Waals surface area (Å²) in [7, 11) is 3.07. The molecule has 142 valence electrons. The average Bonchev–Trinajstić information content (AvgIpc) is 3.08. The number of cyclic esters (lactones) is 1. The van der Waals surface area contributed by atoms with Crippen LogP contribution in [0.5, 0.6) is 11.5 Å². The van der Waals surface area contributed by atoms with Crippen LogP contribution < -0.4 is 14.8 Å². The van der Waals surface area contributed by atoms with E-state index in [-0.39, 0.29) is 12.3 Å². The van der Waals surface area contributed by atoms with E-state index >= 15 is 0 Å². The van der Waals surface area contributed by atoms with Gasteiger partial charge in [0.2, 0.25) is 5.91 Å². The Morgan fingerprint density at radius 1 is 1.15 bits per heavy atom. The fourth-order valence-electron chi connectivity index (χ4n) is 3.04. The van der Waals surface area contributed by atoms with Crippen molar-refractivity contribution in [2.24, 2.45) is 5.92 Å². The normalized spacial score (nSPS) is 18.7. The molecule has 6 nitrogen and oxygen atoms in total. The lowest BCUT2D eigenvalue weighted by molar-refractivity contribution is -0.141. The Kier molecular flexibility index (Phi) is 5.86. The van der Waals surface area contributed by atoms with Crippen LogP contribution in [-0.2, 0) is 20.9 Å². The lowest BCUT2D eigenvalue weighted by Gasteiger charge is -2.19. The first-order valence-electron chi connectivity index (χ1n) is 8.45. The molecule has 0 unspecified atom stereocenters. The quantitative estimate of drug-likeness (QED) is 0.767. The third-order valence-electron chi connectivity index (χ3n) is 4.46. The molecule has 2 aromatic rings. The number of halogens is 1. The molecule has 0 radical (unpaired) electrons. The molecule has 1 N–H and O–H groups in total. The second-order valence-electron chi connectivity index (χ2n) is 6.18. The number of carbonyl (C=O) groups is 2. The molecule has 0 aromatic heterocycles. The summed E-state index contributed by atoms with van der Waals surface area (Å²) >= 11 is 5.87. The van der Waals surface area contributed by atoms with Gasteiger partial charge in [-0.05, 0) is 35.4 Å². The van der Waals surface area contributed by atoms with E-state index in [9.17, 15) is 9.59 Å². The third kappa shape index (κ3) is 4.34. The summed E-state index contributed by atoms with van der Waals surface area (Å²) in [5, 5.41) is 3.49. The number of hydrogen-bond acceptors (Lipinski definition) is 5. The van der Waals surface area contributed by atoms with E-state index in [1.165, 1.54) is 7.11 Å². The lowest BCUT2D eigenvalue weighted by Crippen LogP contribution is -2.32. The number of benzene rings is 2. The first-order chi connectivity index (χ1) is 13.0. The van der Waals surface area contributed by atoms with Gasteiger partial charge in [0.1, 0.15) is 6.10 Å². The fourth-order valence-corrected chi connectivity index (χ4v) is 3.17. The van der Waals surface area contributed by atoms with E-state index in [4.69, 9.17) is 25.8 Å². The zero-order chi connectivity index (χ0) is 19.4. The van der Waals surface area contributed by atoms with Crippen molar-refractivity contribution < 1.29 is 23.8 Å². The number of nitrogens with one attached hydrogen (secondary N) is 1. The highest BCUT2D eigenvalue weighted by atomic mass is 35.5. The van der Waals surface area contributed by atoms with Crippen LogP contribution in [0, 0.1) is 5.92 Å². The molecule has 0 bridgehead atoms. The maximum absolute atomic E-state index is 12.7. The van der Waals surface area contributed by atoms with Crippen molar-refractivity contribution in [1.82, 2.24) is 5.32 Å². The Labute approximate surface area is 162 Å². The molecule has 0 aliphatic carbocycles. The number of methoxy groups -OCH3 is 2. The molecule has 2 aromatic carbocycles. The minimum Gasteiger partial charge on any atom is -0.493 e. The SMILES string of the molecule is COc1ccc([C@@H]2OC(=O)C[C@@H]2C(=O)NCc2ccc(Cl)cc2)cc1OC. The summed E-state index contributed by atoms with van der Waals surface area (Å²) in [4.78, 5) is 24.5. The molecule has 1 heterocycles.